The van der Waals surface area contributed by atoms with Crippen LogP contribution in [0, 0.1) is 19.3 Å². The van der Waals surface area contributed by atoms with E-state index in [-0.39, 0.29) is 53.3 Å². The van der Waals surface area contributed by atoms with Crippen molar-refractivity contribution < 1.29 is 18.3 Å². The molecular weight excluding hydrogens is 580 g/mol. The number of carbonyl (C=O) groups is 1. The van der Waals surface area contributed by atoms with Crippen LogP contribution in [0.3, 0.4) is 0 Å². The summed E-state index contributed by atoms with van der Waals surface area (Å²) in [5, 5.41) is -0.0646. The third kappa shape index (κ3) is 5.94. The Morgan fingerprint density at radius 1 is 1.30 bits per heavy atom. The van der Waals surface area contributed by atoms with Crippen molar-refractivity contribution in [1.82, 2.24) is 24.0 Å². The molecule has 4 rings (SSSR count). The van der Waals surface area contributed by atoms with Crippen LogP contribution in [-0.2, 0) is 22.5 Å². The van der Waals surface area contributed by atoms with E-state index in [0.29, 0.717) is 16.9 Å². The zero-order chi connectivity index (χ0) is 31.6. The second kappa shape index (κ2) is 12.5. The third-order valence-corrected chi connectivity index (χ3v) is 7.63. The van der Waals surface area contributed by atoms with Crippen LogP contribution in [0.5, 0.6) is 0 Å². The van der Waals surface area contributed by atoms with E-state index in [1.165, 1.54) is 28.7 Å². The van der Waals surface area contributed by atoms with Crippen LogP contribution in [0.25, 0.3) is 16.9 Å². The van der Waals surface area contributed by atoms with Crippen LogP contribution < -0.4 is 11.1 Å². The van der Waals surface area contributed by atoms with Gasteiger partial charge in [-0.05, 0) is 48.8 Å². The van der Waals surface area contributed by atoms with Gasteiger partial charge in [-0.2, -0.15) is 0 Å². The van der Waals surface area contributed by atoms with Crippen LogP contribution in [0.1, 0.15) is 36.7 Å². The molecule has 0 aromatic carbocycles. The van der Waals surface area contributed by atoms with E-state index in [1.54, 1.807) is 19.2 Å². The Morgan fingerprint density at radius 3 is 2.60 bits per heavy atom. The van der Waals surface area contributed by atoms with E-state index >= 15 is 0 Å². The molecular formula is C31H30ClF2N5O4. The van der Waals surface area contributed by atoms with Crippen LogP contribution in [0.15, 0.2) is 64.4 Å². The van der Waals surface area contributed by atoms with Crippen LogP contribution >= 0.6 is 11.6 Å². The van der Waals surface area contributed by atoms with Crippen molar-refractivity contribution in [2.24, 2.45) is 0 Å². The van der Waals surface area contributed by atoms with Gasteiger partial charge in [0, 0.05) is 19.7 Å². The zero-order valence-electron chi connectivity index (χ0n) is 24.2. The number of allylic oxidation sites excluding steroid dienone is 4. The molecule has 9 nitrogen and oxygen atoms in total. The van der Waals surface area contributed by atoms with Crippen molar-refractivity contribution in [3.05, 3.63) is 97.5 Å². The van der Waals surface area contributed by atoms with E-state index in [4.69, 9.17) is 22.8 Å². The number of ether oxygens (including phenoxy) is 1. The highest BCUT2D eigenvalue weighted by Crippen LogP contribution is 2.31. The van der Waals surface area contributed by atoms with E-state index in [9.17, 15) is 23.2 Å². The van der Waals surface area contributed by atoms with E-state index in [2.05, 4.69) is 22.5 Å². The number of amides is 1. The number of methoxy groups -OCH3 is 1. The molecule has 0 aliphatic carbocycles. The van der Waals surface area contributed by atoms with Crippen molar-refractivity contribution in [3.63, 3.8) is 0 Å². The Morgan fingerprint density at radius 2 is 2.00 bits per heavy atom. The van der Waals surface area contributed by atoms with Crippen molar-refractivity contribution in [1.29, 1.82) is 0 Å². The first-order valence-corrected chi connectivity index (χ1v) is 13.7. The highest BCUT2D eigenvalue weighted by atomic mass is 35.5. The number of aromatic nitrogens is 4. The van der Waals surface area contributed by atoms with Gasteiger partial charge in [0.2, 0.25) is 5.91 Å². The molecule has 1 fully saturated rings. The van der Waals surface area contributed by atoms with Crippen molar-refractivity contribution in [2.45, 2.75) is 45.3 Å². The average Bonchev–Trinajstić information content (AvgIpc) is 2.96. The lowest BCUT2D eigenvalue weighted by Crippen LogP contribution is -2.66. The quantitative estimate of drug-likeness (QED) is 0.155. The summed E-state index contributed by atoms with van der Waals surface area (Å²) < 4.78 is 37.2. The molecule has 1 aliphatic rings. The molecule has 1 saturated heterocycles. The normalized spacial score (nSPS) is 15.0. The van der Waals surface area contributed by atoms with Gasteiger partial charge in [0.05, 0.1) is 47.2 Å². The fourth-order valence-corrected chi connectivity index (χ4v) is 5.23. The Bertz CT molecular complexity index is 1850. The predicted molar refractivity (Wildman–Crippen MR) is 161 cm³/mol. The number of aryl methyl sites for hydroxylation is 1. The minimum atomic E-state index is -1.20. The number of rotatable bonds is 9. The molecule has 0 radical (unpaired) electrons. The first-order chi connectivity index (χ1) is 20.4. The summed E-state index contributed by atoms with van der Waals surface area (Å²) in [4.78, 5) is 50.3. The van der Waals surface area contributed by atoms with E-state index in [0.717, 1.165) is 16.7 Å². The molecule has 4 heterocycles. The largest absolute Gasteiger partial charge is 0.373 e. The van der Waals surface area contributed by atoms with Gasteiger partial charge in [0.15, 0.2) is 11.5 Å². The lowest BCUT2D eigenvalue weighted by Gasteiger charge is -2.48. The standard InChI is InChI=1S/C31H30ClF2N5O4/c1-7-9-10-21(33)22(34)14-23-20(32)13-24-28(36-23)39(27-19(5)11-12-35-26(27)18(3)4)30(42)29(41)38(24)17-31(43-6)15-37(16-31)25(40)8-2/h1,8-13,18H,2,14-17H2,3-6H3/b10-9-,22-21-. The highest BCUT2D eigenvalue weighted by molar-refractivity contribution is 6.31. The average molecular weight is 610 g/mol. The predicted octanol–water partition coefficient (Wildman–Crippen LogP) is 4.32. The number of terminal acetylenes is 1. The Balaban J connectivity index is 2.02. The SMILES string of the molecule is C#C/C=C\C(F)=C(\F)Cc1nc2c(cc1Cl)n(CC1(OC)CN(C(=O)C=C)C1)c(=O)c(=O)n2-c1c(C)ccnc1C(C)C. The van der Waals surface area contributed by atoms with Crippen molar-refractivity contribution in [3.8, 4) is 18.0 Å². The number of fused-ring (bicyclic) bond motifs is 1. The maximum atomic E-state index is 14.8. The molecule has 1 aliphatic heterocycles. The molecule has 43 heavy (non-hydrogen) atoms. The van der Waals surface area contributed by atoms with Gasteiger partial charge >= 0.3 is 11.1 Å². The highest BCUT2D eigenvalue weighted by Gasteiger charge is 2.46. The smallest absolute Gasteiger partial charge is 0.322 e. The van der Waals surface area contributed by atoms with Crippen molar-refractivity contribution in [2.75, 3.05) is 20.2 Å². The number of pyridine rings is 2. The number of nitrogens with zero attached hydrogens (tertiary/aromatic N) is 5. The Kier molecular flexibility index (Phi) is 9.13. The summed E-state index contributed by atoms with van der Waals surface area (Å²) >= 11 is 6.53. The van der Waals surface area contributed by atoms with Crippen LogP contribution in [-0.4, -0.2) is 55.7 Å². The van der Waals surface area contributed by atoms with Gasteiger partial charge in [-0.1, -0.05) is 37.9 Å². The molecule has 0 spiro atoms. The Hall–Kier alpha value is -4.40. The fraction of sp³-hybridized carbons (Fsp3) is 0.323. The number of hydrogen-bond donors (Lipinski definition) is 0. The molecule has 0 N–H and O–H groups in total. The minimum Gasteiger partial charge on any atom is -0.373 e. The molecule has 224 valence electrons. The lowest BCUT2D eigenvalue weighted by atomic mass is 9.93. The van der Waals surface area contributed by atoms with E-state index in [1.807, 2.05) is 13.8 Å². The molecule has 0 saturated carbocycles. The molecule has 0 atom stereocenters. The molecule has 3 aromatic heterocycles. The summed E-state index contributed by atoms with van der Waals surface area (Å²) in [5.74, 6) is -0.746. The molecule has 0 unspecified atom stereocenters. The number of hydrogen-bond acceptors (Lipinski definition) is 6. The van der Waals surface area contributed by atoms with Crippen LogP contribution in [0.4, 0.5) is 8.78 Å². The zero-order valence-corrected chi connectivity index (χ0v) is 24.9. The number of halogens is 3. The van der Waals surface area contributed by atoms with Gasteiger partial charge in [-0.25, -0.2) is 13.8 Å². The summed E-state index contributed by atoms with van der Waals surface area (Å²) in [6.07, 6.45) is 9.03. The molecule has 12 heteroatoms. The monoisotopic (exact) mass is 609 g/mol. The van der Waals surface area contributed by atoms with Gasteiger partial charge in [-0.3, -0.25) is 28.5 Å². The first-order valence-electron chi connectivity index (χ1n) is 13.3. The second-order valence-electron chi connectivity index (χ2n) is 10.5. The maximum absolute atomic E-state index is 14.8. The maximum Gasteiger partial charge on any atom is 0.322 e. The van der Waals surface area contributed by atoms with Gasteiger partial charge < -0.3 is 9.64 Å². The second-order valence-corrected chi connectivity index (χ2v) is 10.9. The topological polar surface area (TPSA) is 99.3 Å². The lowest BCUT2D eigenvalue weighted by molar-refractivity contribution is -0.160. The van der Waals surface area contributed by atoms with Gasteiger partial charge in [-0.15, -0.1) is 6.42 Å². The number of carbonyl (C=O) groups excluding carboxylic acids is 1. The summed E-state index contributed by atoms with van der Waals surface area (Å²) in [6, 6.07) is 3.07. The van der Waals surface area contributed by atoms with Gasteiger partial charge in [0.25, 0.3) is 0 Å². The molecule has 1 amide bonds. The molecule has 3 aromatic rings. The first kappa shape index (κ1) is 31.5. The summed E-state index contributed by atoms with van der Waals surface area (Å²) in [7, 11) is 1.44. The number of likely N-dealkylation sites (tertiary alicyclic amines) is 1. The van der Waals surface area contributed by atoms with Crippen molar-refractivity contribution >= 4 is 28.7 Å². The Labute approximate surface area is 251 Å². The third-order valence-electron chi connectivity index (χ3n) is 7.30. The van der Waals surface area contributed by atoms with Gasteiger partial charge in [0.1, 0.15) is 11.4 Å². The summed E-state index contributed by atoms with van der Waals surface area (Å²) in [6.45, 7) is 9.20. The molecule has 0 bridgehead atoms. The minimum absolute atomic E-state index is 0.0148. The fourth-order valence-electron chi connectivity index (χ4n) is 5.02. The summed E-state index contributed by atoms with van der Waals surface area (Å²) in [5.41, 5.74) is -1.24. The van der Waals surface area contributed by atoms with E-state index < -0.39 is 34.8 Å². The van der Waals surface area contributed by atoms with Crippen LogP contribution in [0.2, 0.25) is 5.02 Å².